The maximum absolute atomic E-state index is 14.7. The molecule has 26 heteroatoms. The second kappa shape index (κ2) is 41.4. The van der Waals surface area contributed by atoms with Crippen LogP contribution in [0.1, 0.15) is 162 Å². The molecule has 5 rings (SSSR count). The number of quaternary nitrogens is 1. The van der Waals surface area contributed by atoms with Crippen molar-refractivity contribution in [3.63, 3.8) is 0 Å². The van der Waals surface area contributed by atoms with Gasteiger partial charge in [0, 0.05) is 121 Å². The molecule has 0 unspecified atom stereocenters. The van der Waals surface area contributed by atoms with Crippen molar-refractivity contribution < 1.29 is 84.2 Å². The number of primary amides is 1. The standard InChI is InChI=1S/C79H117F4N9O13/c1-17-49(8)72(90(13)77(100)58(46(2)3)43-62(95)71(48(6)7)89(11)12)63(103-15)44-65(97)91-36-22-27-59(91)73(104-16)50(9)60(93)42-56(40-52-24-19-18-20-25-52)75(98)86-45-53-29-31-57(32-30-53)87-76(99)55(26-21-35-85-79(84)102)41-61(94)70(47(4)5)88-64(96)28-23-37-92(14)38-33-54(34-39-92)78(101)105-74-67(81)51(10)66(80)68(82)69(74)83/h18-20,24-25,29-32,46-50,54-56,58-59,63,70-73H,17,21-23,26-28,33-45H2,1-16H3,(H5-,84,85,86,87,88,96,98,99,102)/p+1/t49-,50-,54?,55+,56+,58-,59-,63+,70-,71-,72-,73+,92?/m0/s1. The molecule has 2 heterocycles. The van der Waals surface area contributed by atoms with Crippen LogP contribution in [0.3, 0.4) is 0 Å². The molecule has 105 heavy (non-hydrogen) atoms. The average molecular weight is 1480 g/mol. The van der Waals surface area contributed by atoms with Crippen LogP contribution in [0.4, 0.5) is 28.0 Å². The SMILES string of the molecule is CC[C@H](C)[C@@H]([C@@H](CC(=O)N1CCC[C@H]1[C@H](OC)[C@@H](C)C(=O)C[C@@H](Cc1ccccc1)C(=O)NCc1ccc(NC(=O)[C@H](CCCNC(N)=O)CC(=O)[C@@H](NC(=O)CCC[N+]2(C)CCC(C(=O)Oc3c(F)c(C)c(F)c(F)c3F)CC2)C(C)C)cc1)OC)N(C)C(=O)[C@@H](CC(=O)[C@H](C(C)C)N(C)C)C(C)C. The number of nitrogens with zero attached hydrogens (tertiary/aromatic N) is 4. The Morgan fingerprint density at radius 3 is 1.90 bits per heavy atom. The van der Waals surface area contributed by atoms with E-state index in [9.17, 15) is 65.5 Å². The smallest absolute Gasteiger partial charge is 0.314 e. The van der Waals surface area contributed by atoms with Crippen LogP contribution in [0.25, 0.3) is 0 Å². The maximum Gasteiger partial charge on any atom is 0.314 e. The number of methoxy groups -OCH3 is 2. The third-order valence-electron chi connectivity index (χ3n) is 21.5. The van der Waals surface area contributed by atoms with Crippen molar-refractivity contribution in [2.45, 2.75) is 202 Å². The Hall–Kier alpha value is -7.68. The van der Waals surface area contributed by atoms with Gasteiger partial charge in [-0.05, 0) is 100 Å². The summed E-state index contributed by atoms with van der Waals surface area (Å²) < 4.78 is 74.5. The Morgan fingerprint density at radius 2 is 1.33 bits per heavy atom. The highest BCUT2D eigenvalue weighted by atomic mass is 19.2. The number of nitrogens with one attached hydrogen (secondary N) is 4. The first-order valence-corrected chi connectivity index (χ1v) is 37.3. The summed E-state index contributed by atoms with van der Waals surface area (Å²) in [5, 5.41) is 11.3. The second-order valence-electron chi connectivity index (χ2n) is 30.6. The number of esters is 1. The highest BCUT2D eigenvalue weighted by Crippen LogP contribution is 2.35. The molecule has 0 saturated carbocycles. The first kappa shape index (κ1) is 88.0. The van der Waals surface area contributed by atoms with Crippen LogP contribution in [-0.4, -0.2) is 190 Å². The number of carbonyl (C=O) groups is 10. The van der Waals surface area contributed by atoms with Crippen molar-refractivity contribution in [2.75, 3.05) is 80.5 Å². The highest BCUT2D eigenvalue weighted by Gasteiger charge is 2.45. The number of likely N-dealkylation sites (N-methyl/N-ethyl adjacent to an activating group) is 2. The van der Waals surface area contributed by atoms with E-state index in [0.717, 1.165) is 12.5 Å². The number of urea groups is 1. The predicted molar refractivity (Wildman–Crippen MR) is 393 cm³/mol. The van der Waals surface area contributed by atoms with Gasteiger partial charge in [-0.1, -0.05) is 111 Å². The number of rotatable bonds is 42. The van der Waals surface area contributed by atoms with E-state index in [4.69, 9.17) is 19.9 Å². The van der Waals surface area contributed by atoms with Crippen LogP contribution < -0.4 is 31.7 Å². The zero-order valence-electron chi connectivity index (χ0n) is 64.7. The number of ketones is 3. The summed E-state index contributed by atoms with van der Waals surface area (Å²) in [6.45, 7) is 20.2. The van der Waals surface area contributed by atoms with E-state index >= 15 is 0 Å². The van der Waals surface area contributed by atoms with Gasteiger partial charge in [0.25, 0.3) is 0 Å². The number of nitrogens with two attached hydrogens (primary N) is 1. The summed E-state index contributed by atoms with van der Waals surface area (Å²) in [6.07, 6.45) is 1.88. The molecule has 3 aromatic carbocycles. The van der Waals surface area contributed by atoms with E-state index in [-0.39, 0.29) is 136 Å². The Bertz CT molecular complexity index is 3390. The molecule has 2 saturated heterocycles. The largest absolute Gasteiger partial charge is 0.420 e. The Morgan fingerprint density at radius 1 is 0.695 bits per heavy atom. The molecule has 2 aliphatic rings. The molecule has 7 amide bonds. The molecule has 3 aromatic rings. The number of hydrogen-bond donors (Lipinski definition) is 5. The lowest BCUT2D eigenvalue weighted by molar-refractivity contribution is -0.915. The fraction of sp³-hybridized carbons (Fsp3) is 0.646. The predicted octanol–water partition coefficient (Wildman–Crippen LogP) is 10.1. The van der Waals surface area contributed by atoms with E-state index in [1.807, 2.05) is 97.9 Å². The molecule has 584 valence electrons. The first-order valence-electron chi connectivity index (χ1n) is 37.3. The third-order valence-corrected chi connectivity index (χ3v) is 21.5. The maximum atomic E-state index is 14.7. The van der Waals surface area contributed by atoms with Crippen LogP contribution >= 0.6 is 0 Å². The van der Waals surface area contributed by atoms with E-state index in [2.05, 4.69) is 21.3 Å². The van der Waals surface area contributed by atoms with Gasteiger partial charge in [0.1, 0.15) is 5.78 Å². The highest BCUT2D eigenvalue weighted by molar-refractivity contribution is 5.97. The van der Waals surface area contributed by atoms with Crippen molar-refractivity contribution in [3.8, 4) is 5.75 Å². The number of piperidine rings is 1. The summed E-state index contributed by atoms with van der Waals surface area (Å²) in [6, 6.07) is 13.1. The number of ether oxygens (including phenoxy) is 3. The zero-order valence-corrected chi connectivity index (χ0v) is 64.7. The Kier molecular flexibility index (Phi) is 34.7. The summed E-state index contributed by atoms with van der Waals surface area (Å²) in [7, 11) is 10.5. The minimum Gasteiger partial charge on any atom is -0.420 e. The molecular formula is C79H118F4N9O13+. The van der Waals surface area contributed by atoms with Gasteiger partial charge in [0.2, 0.25) is 41.1 Å². The Balaban J connectivity index is 1.19. The number of amides is 7. The van der Waals surface area contributed by atoms with Crippen molar-refractivity contribution in [1.82, 2.24) is 30.7 Å². The lowest BCUT2D eigenvalue weighted by Gasteiger charge is -2.41. The number of halogens is 4. The lowest BCUT2D eigenvalue weighted by Crippen LogP contribution is -2.54. The lowest BCUT2D eigenvalue weighted by atomic mass is 9.83. The van der Waals surface area contributed by atoms with Crippen LogP contribution in [0, 0.1) is 83.5 Å². The minimum absolute atomic E-state index is 0.00365. The van der Waals surface area contributed by atoms with Gasteiger partial charge >= 0.3 is 12.0 Å². The van der Waals surface area contributed by atoms with Crippen LogP contribution in [0.15, 0.2) is 54.6 Å². The number of carbonyl (C=O) groups excluding carboxylic acids is 10. The quantitative estimate of drug-likeness (QED) is 0.00671. The van der Waals surface area contributed by atoms with Gasteiger partial charge in [-0.3, -0.25) is 48.1 Å². The monoisotopic (exact) mass is 1480 g/mol. The number of likely N-dealkylation sites (tertiary alicyclic amines) is 2. The molecule has 0 radical (unpaired) electrons. The summed E-state index contributed by atoms with van der Waals surface area (Å²) in [5.41, 5.74) is 6.41. The van der Waals surface area contributed by atoms with Gasteiger partial charge in [-0.2, -0.15) is 4.39 Å². The molecule has 0 aromatic heterocycles. The average Bonchev–Trinajstić information content (AvgIpc) is 1.11. The van der Waals surface area contributed by atoms with Crippen molar-refractivity contribution >= 4 is 64.6 Å². The topological polar surface area (TPSA) is 282 Å². The molecule has 2 aliphatic heterocycles. The van der Waals surface area contributed by atoms with Gasteiger partial charge in [-0.15, -0.1) is 0 Å². The van der Waals surface area contributed by atoms with E-state index in [1.54, 1.807) is 69.0 Å². The van der Waals surface area contributed by atoms with Crippen LogP contribution in [-0.2, 0) is 65.6 Å². The summed E-state index contributed by atoms with van der Waals surface area (Å²) >= 11 is 0. The van der Waals surface area contributed by atoms with E-state index < -0.39 is 118 Å². The van der Waals surface area contributed by atoms with Crippen molar-refractivity contribution in [3.05, 3.63) is 94.6 Å². The van der Waals surface area contributed by atoms with Gasteiger partial charge < -0.3 is 55.5 Å². The number of benzene rings is 3. The second-order valence-corrected chi connectivity index (χ2v) is 30.6. The van der Waals surface area contributed by atoms with Gasteiger partial charge in [-0.25, -0.2) is 18.0 Å². The molecule has 0 bridgehead atoms. The van der Waals surface area contributed by atoms with E-state index in [0.29, 0.717) is 74.0 Å². The number of anilines is 1. The van der Waals surface area contributed by atoms with Crippen LogP contribution in [0.5, 0.6) is 5.75 Å². The molecule has 22 nitrogen and oxygen atoms in total. The molecule has 0 spiro atoms. The van der Waals surface area contributed by atoms with E-state index in [1.165, 1.54) is 7.11 Å². The normalized spacial score (nSPS) is 19.0. The van der Waals surface area contributed by atoms with Crippen molar-refractivity contribution in [2.24, 2.45) is 59.0 Å². The summed E-state index contributed by atoms with van der Waals surface area (Å²) in [4.78, 5) is 144. The molecule has 2 fully saturated rings. The van der Waals surface area contributed by atoms with Gasteiger partial charge in [0.05, 0.1) is 75.4 Å². The molecular weight excluding hydrogens is 1360 g/mol. The first-order chi connectivity index (χ1) is 49.5. The third kappa shape index (κ3) is 25.0. The molecule has 0 aliphatic carbocycles. The summed E-state index contributed by atoms with van der Waals surface area (Å²) in [5.74, 6) is -15.9. The molecule has 6 N–H and O–H groups in total. The van der Waals surface area contributed by atoms with Gasteiger partial charge in [0.15, 0.2) is 29.0 Å². The minimum atomic E-state index is -1.94. The fourth-order valence-corrected chi connectivity index (χ4v) is 15.1. The van der Waals surface area contributed by atoms with Crippen molar-refractivity contribution in [1.29, 1.82) is 0 Å². The zero-order chi connectivity index (χ0) is 78.3. The number of Topliss-reactive ketones (excluding diaryl/α,β-unsaturated/α-hetero) is 3. The fourth-order valence-electron chi connectivity index (χ4n) is 15.1. The van der Waals surface area contributed by atoms with Crippen LogP contribution in [0.2, 0.25) is 0 Å². The number of hydrogen-bond acceptors (Lipinski definition) is 14. The molecule has 11 atom stereocenters. The Labute approximate surface area is 618 Å².